The number of amides is 2. The molecule has 0 aliphatic heterocycles. The molecule has 2 aromatic rings. The van der Waals surface area contributed by atoms with E-state index in [4.69, 9.17) is 4.74 Å². The van der Waals surface area contributed by atoms with Crippen LogP contribution in [0.3, 0.4) is 0 Å². The average molecular weight is 366 g/mol. The molecule has 25 heavy (non-hydrogen) atoms. The molecule has 2 amide bonds. The van der Waals surface area contributed by atoms with Gasteiger partial charge in [0.05, 0.1) is 23.9 Å². The number of thiophene rings is 1. The minimum atomic E-state index is -0.597. The lowest BCUT2D eigenvalue weighted by Gasteiger charge is -2.07. The number of nitrogens with zero attached hydrogens (tertiary/aromatic N) is 2. The number of nitrogens with one attached hydrogen (secondary N) is 2. The molecule has 0 atom stereocenters. The van der Waals surface area contributed by atoms with E-state index in [9.17, 15) is 19.2 Å². The van der Waals surface area contributed by atoms with E-state index in [0.717, 1.165) is 28.7 Å². The van der Waals surface area contributed by atoms with Gasteiger partial charge in [0, 0.05) is 12.3 Å². The highest BCUT2D eigenvalue weighted by Crippen LogP contribution is 2.21. The first kappa shape index (κ1) is 18.6. The highest BCUT2D eigenvalue weighted by Gasteiger charge is 2.19. The van der Waals surface area contributed by atoms with Crippen LogP contribution in [0.4, 0.5) is 0 Å². The number of aromatic nitrogens is 2. The summed E-state index contributed by atoms with van der Waals surface area (Å²) in [7, 11) is 0. The molecule has 2 N–H and O–H groups in total. The summed E-state index contributed by atoms with van der Waals surface area (Å²) >= 11 is 1.15. The predicted molar refractivity (Wildman–Crippen MR) is 91.0 cm³/mol. The van der Waals surface area contributed by atoms with E-state index >= 15 is 0 Å². The van der Waals surface area contributed by atoms with Gasteiger partial charge >= 0.3 is 5.97 Å². The number of hydrazine groups is 1. The van der Waals surface area contributed by atoms with Crippen LogP contribution < -0.4 is 16.4 Å². The first-order valence-electron chi connectivity index (χ1n) is 7.63. The molecule has 0 spiro atoms. The van der Waals surface area contributed by atoms with E-state index in [1.165, 1.54) is 18.6 Å². The van der Waals surface area contributed by atoms with Gasteiger partial charge in [-0.05, 0) is 6.42 Å². The summed E-state index contributed by atoms with van der Waals surface area (Å²) in [6, 6.07) is 0. The molecule has 2 heterocycles. The Bertz CT molecular complexity index is 857. The second kappa shape index (κ2) is 8.38. The fourth-order valence-electron chi connectivity index (χ4n) is 1.97. The molecule has 0 bridgehead atoms. The van der Waals surface area contributed by atoms with Crippen LogP contribution in [0.1, 0.15) is 37.0 Å². The fourth-order valence-corrected chi connectivity index (χ4v) is 2.84. The minimum absolute atomic E-state index is 0.126. The van der Waals surface area contributed by atoms with E-state index in [1.807, 2.05) is 6.92 Å². The van der Waals surface area contributed by atoms with Crippen LogP contribution in [0.2, 0.25) is 0 Å². The first-order valence-corrected chi connectivity index (χ1v) is 8.51. The van der Waals surface area contributed by atoms with Crippen LogP contribution in [0.5, 0.6) is 0 Å². The Hall–Kier alpha value is -2.75. The van der Waals surface area contributed by atoms with Crippen LogP contribution in [-0.2, 0) is 20.9 Å². The van der Waals surface area contributed by atoms with E-state index in [0.29, 0.717) is 4.83 Å². The summed E-state index contributed by atoms with van der Waals surface area (Å²) in [5.41, 5.74) is 3.91. The van der Waals surface area contributed by atoms with Crippen molar-refractivity contribution >= 4 is 39.3 Å². The Morgan fingerprint density at radius 1 is 1.32 bits per heavy atom. The monoisotopic (exact) mass is 366 g/mol. The van der Waals surface area contributed by atoms with E-state index < -0.39 is 23.3 Å². The maximum absolute atomic E-state index is 12.6. The Balaban J connectivity index is 2.24. The number of fused-ring (bicyclic) bond motifs is 1. The Kier molecular flexibility index (Phi) is 6.23. The van der Waals surface area contributed by atoms with Gasteiger partial charge < -0.3 is 4.74 Å². The largest absolute Gasteiger partial charge is 0.462 e. The number of carbonyl (C=O) groups is 3. The quantitative estimate of drug-likeness (QED) is 0.438. The summed E-state index contributed by atoms with van der Waals surface area (Å²) in [4.78, 5) is 51.7. The molecule has 0 aliphatic carbocycles. The van der Waals surface area contributed by atoms with Crippen LogP contribution in [-0.4, -0.2) is 33.9 Å². The predicted octanol–water partition coefficient (Wildman–Crippen LogP) is 0.582. The second-order valence-electron chi connectivity index (χ2n) is 5.23. The van der Waals surface area contributed by atoms with Gasteiger partial charge in [-0.15, -0.1) is 11.3 Å². The van der Waals surface area contributed by atoms with Crippen molar-refractivity contribution in [2.45, 2.75) is 33.2 Å². The second-order valence-corrected chi connectivity index (χ2v) is 6.08. The molecule has 9 nitrogen and oxygen atoms in total. The normalized spacial score (nSPS) is 10.5. The van der Waals surface area contributed by atoms with Crippen molar-refractivity contribution in [1.82, 2.24) is 20.4 Å². The number of esters is 1. The van der Waals surface area contributed by atoms with Crippen molar-refractivity contribution in [3.63, 3.8) is 0 Å². The molecule has 0 radical (unpaired) electrons. The maximum Gasteiger partial charge on any atom is 0.339 e. The summed E-state index contributed by atoms with van der Waals surface area (Å²) in [6.07, 6.45) is 2.84. The number of ether oxygens (including phenoxy) is 1. The van der Waals surface area contributed by atoms with Gasteiger partial charge in [0.15, 0.2) is 0 Å². The third-order valence-electron chi connectivity index (χ3n) is 3.20. The molecular weight excluding hydrogens is 348 g/mol. The molecule has 134 valence electrons. The zero-order valence-electron chi connectivity index (χ0n) is 13.8. The van der Waals surface area contributed by atoms with E-state index in [-0.39, 0.29) is 24.1 Å². The molecule has 0 aromatic carbocycles. The third kappa shape index (κ3) is 4.63. The lowest BCUT2D eigenvalue weighted by atomic mass is 10.2. The first-order chi connectivity index (χ1) is 11.9. The molecule has 0 saturated heterocycles. The number of rotatable bonds is 6. The molecule has 0 unspecified atom stereocenters. The number of hydrogen-bond acceptors (Lipinski definition) is 7. The van der Waals surface area contributed by atoms with Crippen LogP contribution in [0.25, 0.3) is 10.2 Å². The Labute approximate surface area is 147 Å². The van der Waals surface area contributed by atoms with Gasteiger partial charge in [0.2, 0.25) is 5.91 Å². The van der Waals surface area contributed by atoms with Crippen molar-refractivity contribution < 1.29 is 19.1 Å². The fraction of sp³-hybridized carbons (Fsp3) is 0.400. The van der Waals surface area contributed by atoms with E-state index in [1.54, 1.807) is 0 Å². The van der Waals surface area contributed by atoms with Crippen molar-refractivity contribution in [2.24, 2.45) is 0 Å². The molecule has 10 heteroatoms. The Morgan fingerprint density at radius 2 is 2.08 bits per heavy atom. The van der Waals surface area contributed by atoms with Crippen molar-refractivity contribution in [2.75, 3.05) is 6.61 Å². The Morgan fingerprint density at radius 3 is 2.76 bits per heavy atom. The van der Waals surface area contributed by atoms with Gasteiger partial charge in [0.25, 0.3) is 11.5 Å². The third-order valence-corrected chi connectivity index (χ3v) is 4.09. The summed E-state index contributed by atoms with van der Waals surface area (Å²) < 4.78 is 6.21. The topological polar surface area (TPSA) is 119 Å². The summed E-state index contributed by atoms with van der Waals surface area (Å²) in [5, 5.41) is 1.65. The average Bonchev–Trinajstić information content (AvgIpc) is 3.00. The van der Waals surface area contributed by atoms with Crippen molar-refractivity contribution in [3.05, 3.63) is 27.6 Å². The van der Waals surface area contributed by atoms with Crippen LogP contribution in [0.15, 0.2) is 16.5 Å². The number of carbonyl (C=O) groups excluding carboxylic acids is 3. The zero-order valence-corrected chi connectivity index (χ0v) is 14.6. The molecule has 2 aromatic heterocycles. The smallest absolute Gasteiger partial charge is 0.339 e. The highest BCUT2D eigenvalue weighted by atomic mass is 32.1. The van der Waals surface area contributed by atoms with Gasteiger partial charge in [-0.2, -0.15) is 0 Å². The van der Waals surface area contributed by atoms with Crippen molar-refractivity contribution in [1.29, 1.82) is 0 Å². The van der Waals surface area contributed by atoms with Gasteiger partial charge in [0.1, 0.15) is 11.4 Å². The summed E-state index contributed by atoms with van der Waals surface area (Å²) in [5.74, 6) is -1.62. The number of hydrogen-bond donors (Lipinski definition) is 2. The standard InChI is InChI=1S/C15H18N4O5S/c1-3-4-5-24-15(23)10-7-25-13-12(10)14(22)19(8-16-13)6-11(21)18-17-9(2)20/h7-8H,3-6H2,1-2H3,(H,17,20)(H,18,21). The van der Waals surface area contributed by atoms with Gasteiger partial charge in [-0.25, -0.2) is 9.78 Å². The molecule has 0 saturated carbocycles. The number of unbranched alkanes of at least 4 members (excludes halogenated alkanes) is 1. The summed E-state index contributed by atoms with van der Waals surface area (Å²) in [6.45, 7) is 3.15. The molecule has 0 fully saturated rings. The SMILES string of the molecule is CCCCOC(=O)c1csc2ncn(CC(=O)NNC(C)=O)c(=O)c12. The van der Waals surface area contributed by atoms with E-state index in [2.05, 4.69) is 15.8 Å². The van der Waals surface area contributed by atoms with Gasteiger partial charge in [-0.3, -0.25) is 29.8 Å². The zero-order chi connectivity index (χ0) is 18.4. The molecule has 2 rings (SSSR count). The molecular formula is C15H18N4O5S. The van der Waals surface area contributed by atoms with Gasteiger partial charge in [-0.1, -0.05) is 13.3 Å². The van der Waals surface area contributed by atoms with Crippen LogP contribution in [0, 0.1) is 0 Å². The lowest BCUT2D eigenvalue weighted by Crippen LogP contribution is -2.43. The molecule has 0 aliphatic rings. The minimum Gasteiger partial charge on any atom is -0.462 e. The lowest BCUT2D eigenvalue weighted by molar-refractivity contribution is -0.128. The highest BCUT2D eigenvalue weighted by molar-refractivity contribution is 7.17. The van der Waals surface area contributed by atoms with Crippen molar-refractivity contribution in [3.8, 4) is 0 Å². The maximum atomic E-state index is 12.6. The van der Waals surface area contributed by atoms with Crippen LogP contribution >= 0.6 is 11.3 Å².